The fraction of sp³-hybridized carbons (Fsp3) is 0.100. The van der Waals surface area contributed by atoms with Crippen molar-refractivity contribution in [1.82, 2.24) is 9.97 Å². The first-order chi connectivity index (χ1) is 11.8. The highest BCUT2D eigenvalue weighted by molar-refractivity contribution is 5.96. The van der Waals surface area contributed by atoms with E-state index < -0.39 is 0 Å². The van der Waals surface area contributed by atoms with Crippen molar-refractivity contribution in [2.24, 2.45) is 0 Å². The van der Waals surface area contributed by atoms with Crippen molar-refractivity contribution in [3.05, 3.63) is 60.7 Å². The van der Waals surface area contributed by atoms with Crippen LogP contribution in [0.25, 0.3) is 33.1 Å². The molecular formula is C20H16N2O2. The average molecular weight is 316 g/mol. The zero-order chi connectivity index (χ0) is 16.5. The summed E-state index contributed by atoms with van der Waals surface area (Å²) in [6.07, 6.45) is 0. The molecule has 0 saturated heterocycles. The predicted octanol–water partition coefficient (Wildman–Crippen LogP) is 4.47. The highest BCUT2D eigenvalue weighted by Crippen LogP contribution is 2.31. The molecule has 0 aliphatic heterocycles. The van der Waals surface area contributed by atoms with Crippen LogP contribution in [0.5, 0.6) is 11.6 Å². The summed E-state index contributed by atoms with van der Waals surface area (Å²) in [4.78, 5) is 9.41. The van der Waals surface area contributed by atoms with Crippen LogP contribution in [0.4, 0.5) is 0 Å². The Bertz CT molecular complexity index is 1030. The molecule has 0 aliphatic carbocycles. The molecule has 4 rings (SSSR count). The summed E-state index contributed by atoms with van der Waals surface area (Å²) >= 11 is 0. The monoisotopic (exact) mass is 316 g/mol. The fourth-order valence-electron chi connectivity index (χ4n) is 2.81. The van der Waals surface area contributed by atoms with Gasteiger partial charge in [0.25, 0.3) is 0 Å². The van der Waals surface area contributed by atoms with Crippen LogP contribution in [-0.4, -0.2) is 24.2 Å². The van der Waals surface area contributed by atoms with Gasteiger partial charge in [-0.05, 0) is 42.5 Å². The summed E-state index contributed by atoms with van der Waals surface area (Å²) in [5, 5.41) is 1.98. The van der Waals surface area contributed by atoms with Gasteiger partial charge < -0.3 is 9.47 Å². The standard InChI is InChI=1S/C20H16N2O2/c1-23-15-9-7-13(8-10-15)18-12-19-16(20(22-18)24-2)11-14-5-3-4-6-17(14)21-19/h3-12H,1-2H3. The number of fused-ring (bicyclic) bond motifs is 2. The Balaban J connectivity index is 1.94. The largest absolute Gasteiger partial charge is 0.497 e. The van der Waals surface area contributed by atoms with E-state index in [2.05, 4.69) is 11.1 Å². The number of benzene rings is 2. The molecule has 0 amide bonds. The lowest BCUT2D eigenvalue weighted by atomic mass is 10.1. The third kappa shape index (κ3) is 2.42. The van der Waals surface area contributed by atoms with E-state index in [1.165, 1.54) is 0 Å². The third-order valence-electron chi connectivity index (χ3n) is 4.06. The minimum Gasteiger partial charge on any atom is -0.497 e. The van der Waals surface area contributed by atoms with Gasteiger partial charge in [-0.25, -0.2) is 9.97 Å². The number of para-hydroxylation sites is 1. The van der Waals surface area contributed by atoms with Gasteiger partial charge in [-0.3, -0.25) is 0 Å². The molecule has 4 nitrogen and oxygen atoms in total. The van der Waals surface area contributed by atoms with Crippen molar-refractivity contribution in [3.63, 3.8) is 0 Å². The lowest BCUT2D eigenvalue weighted by molar-refractivity contribution is 0.404. The van der Waals surface area contributed by atoms with E-state index in [0.717, 1.165) is 38.8 Å². The first-order valence-corrected chi connectivity index (χ1v) is 7.67. The number of ether oxygens (including phenoxy) is 2. The zero-order valence-electron chi connectivity index (χ0n) is 13.5. The molecule has 0 spiro atoms. The van der Waals surface area contributed by atoms with Gasteiger partial charge in [-0.2, -0.15) is 0 Å². The van der Waals surface area contributed by atoms with Gasteiger partial charge in [-0.15, -0.1) is 0 Å². The maximum absolute atomic E-state index is 5.51. The second-order valence-electron chi connectivity index (χ2n) is 5.49. The molecule has 0 saturated carbocycles. The van der Waals surface area contributed by atoms with Crippen LogP contribution < -0.4 is 9.47 Å². The van der Waals surface area contributed by atoms with Crippen LogP contribution in [-0.2, 0) is 0 Å². The Morgan fingerprint density at radius 1 is 0.750 bits per heavy atom. The lowest BCUT2D eigenvalue weighted by Gasteiger charge is -2.09. The maximum Gasteiger partial charge on any atom is 0.223 e. The Morgan fingerprint density at radius 3 is 2.29 bits per heavy atom. The average Bonchev–Trinajstić information content (AvgIpc) is 2.65. The molecule has 0 aliphatic rings. The summed E-state index contributed by atoms with van der Waals surface area (Å²) < 4.78 is 10.7. The molecule has 0 atom stereocenters. The second-order valence-corrected chi connectivity index (χ2v) is 5.49. The van der Waals surface area contributed by atoms with Crippen LogP contribution in [0.2, 0.25) is 0 Å². The minimum absolute atomic E-state index is 0.580. The fourth-order valence-corrected chi connectivity index (χ4v) is 2.81. The number of aromatic nitrogens is 2. The van der Waals surface area contributed by atoms with Crippen molar-refractivity contribution in [2.45, 2.75) is 0 Å². The molecule has 24 heavy (non-hydrogen) atoms. The first-order valence-electron chi connectivity index (χ1n) is 7.67. The van der Waals surface area contributed by atoms with Gasteiger partial charge in [0.05, 0.1) is 36.3 Å². The van der Waals surface area contributed by atoms with Crippen LogP contribution in [0.1, 0.15) is 0 Å². The van der Waals surface area contributed by atoms with Gasteiger partial charge in [0.2, 0.25) is 5.88 Å². The Hall–Kier alpha value is -3.14. The quantitative estimate of drug-likeness (QED) is 0.523. The number of rotatable bonds is 3. The van der Waals surface area contributed by atoms with E-state index in [-0.39, 0.29) is 0 Å². The molecule has 0 bridgehead atoms. The zero-order valence-corrected chi connectivity index (χ0v) is 13.5. The molecule has 0 unspecified atom stereocenters. The molecule has 0 radical (unpaired) electrons. The van der Waals surface area contributed by atoms with Crippen molar-refractivity contribution in [1.29, 1.82) is 0 Å². The van der Waals surface area contributed by atoms with Crippen molar-refractivity contribution in [2.75, 3.05) is 14.2 Å². The Labute approximate surface area is 139 Å². The van der Waals surface area contributed by atoms with Gasteiger partial charge >= 0.3 is 0 Å². The summed E-state index contributed by atoms with van der Waals surface area (Å²) in [6.45, 7) is 0. The van der Waals surface area contributed by atoms with Crippen molar-refractivity contribution < 1.29 is 9.47 Å². The van der Waals surface area contributed by atoms with E-state index >= 15 is 0 Å². The number of pyridine rings is 2. The molecule has 2 aromatic heterocycles. The van der Waals surface area contributed by atoms with E-state index in [0.29, 0.717) is 5.88 Å². The molecule has 2 aromatic carbocycles. The minimum atomic E-state index is 0.580. The maximum atomic E-state index is 5.51. The van der Waals surface area contributed by atoms with Crippen molar-refractivity contribution >= 4 is 21.8 Å². The van der Waals surface area contributed by atoms with Gasteiger partial charge in [0, 0.05) is 10.9 Å². The third-order valence-corrected chi connectivity index (χ3v) is 4.06. The topological polar surface area (TPSA) is 44.2 Å². The summed E-state index contributed by atoms with van der Waals surface area (Å²) in [5.74, 6) is 1.40. The summed E-state index contributed by atoms with van der Waals surface area (Å²) in [7, 11) is 3.29. The van der Waals surface area contributed by atoms with Gasteiger partial charge in [-0.1, -0.05) is 18.2 Å². The summed E-state index contributed by atoms with van der Waals surface area (Å²) in [5.41, 5.74) is 3.64. The predicted molar refractivity (Wildman–Crippen MR) is 95.6 cm³/mol. The normalized spacial score (nSPS) is 10.9. The Kier molecular flexibility index (Phi) is 3.50. The van der Waals surface area contributed by atoms with Gasteiger partial charge in [0.15, 0.2) is 0 Å². The van der Waals surface area contributed by atoms with Crippen LogP contribution >= 0.6 is 0 Å². The smallest absolute Gasteiger partial charge is 0.223 e. The summed E-state index contributed by atoms with van der Waals surface area (Å²) in [6, 6.07) is 19.9. The second kappa shape index (κ2) is 5.81. The van der Waals surface area contributed by atoms with Crippen LogP contribution in [0.3, 0.4) is 0 Å². The SMILES string of the molecule is COc1ccc(-c2cc3nc4ccccc4cc3c(OC)n2)cc1. The first kappa shape index (κ1) is 14.5. The highest BCUT2D eigenvalue weighted by atomic mass is 16.5. The molecule has 0 N–H and O–H groups in total. The molecule has 4 aromatic rings. The molecule has 0 fully saturated rings. The highest BCUT2D eigenvalue weighted by Gasteiger charge is 2.11. The number of nitrogens with zero attached hydrogens (tertiary/aromatic N) is 2. The van der Waals surface area contributed by atoms with E-state index in [4.69, 9.17) is 14.5 Å². The van der Waals surface area contributed by atoms with Crippen LogP contribution in [0, 0.1) is 0 Å². The van der Waals surface area contributed by atoms with E-state index in [1.54, 1.807) is 14.2 Å². The molecule has 4 heteroatoms. The van der Waals surface area contributed by atoms with Gasteiger partial charge in [0.1, 0.15) is 5.75 Å². The number of hydrogen-bond donors (Lipinski definition) is 0. The lowest BCUT2D eigenvalue weighted by Crippen LogP contribution is -1.94. The van der Waals surface area contributed by atoms with Crippen LogP contribution in [0.15, 0.2) is 60.7 Å². The molecular weight excluding hydrogens is 300 g/mol. The molecule has 2 heterocycles. The Morgan fingerprint density at radius 2 is 1.54 bits per heavy atom. The number of hydrogen-bond acceptors (Lipinski definition) is 4. The number of methoxy groups -OCH3 is 2. The molecule has 118 valence electrons. The van der Waals surface area contributed by atoms with Crippen molar-refractivity contribution in [3.8, 4) is 22.9 Å². The van der Waals surface area contributed by atoms with E-state index in [1.807, 2.05) is 54.6 Å². The van der Waals surface area contributed by atoms with E-state index in [9.17, 15) is 0 Å².